The average molecular weight is 271 g/mol. The van der Waals surface area contributed by atoms with Crippen LogP contribution in [0.3, 0.4) is 0 Å². The summed E-state index contributed by atoms with van der Waals surface area (Å²) in [5.74, 6) is 4.60. The van der Waals surface area contributed by atoms with Gasteiger partial charge in [0.25, 0.3) is 11.8 Å². The Hall–Kier alpha value is -2.67. The number of nitrogens with zero attached hydrogens (tertiary/aromatic N) is 3. The number of imidazole rings is 1. The van der Waals surface area contributed by atoms with Gasteiger partial charge in [-0.05, 0) is 12.1 Å². The first-order valence-electron chi connectivity index (χ1n) is 6.05. The van der Waals surface area contributed by atoms with E-state index in [0.717, 1.165) is 0 Å². The van der Waals surface area contributed by atoms with E-state index in [1.165, 1.54) is 6.33 Å². The van der Waals surface area contributed by atoms with Crippen LogP contribution >= 0.6 is 0 Å². The Kier molecular flexibility index (Phi) is 2.76. The zero-order chi connectivity index (χ0) is 14.3. The second-order valence-corrected chi connectivity index (χ2v) is 4.56. The molecule has 0 spiro atoms. The van der Waals surface area contributed by atoms with Gasteiger partial charge in [-0.2, -0.15) is 0 Å². The van der Waals surface area contributed by atoms with Gasteiger partial charge in [0.05, 0.1) is 23.5 Å². The number of carbonyl (C=O) groups is 2. The summed E-state index contributed by atoms with van der Waals surface area (Å²) in [6.45, 7) is 0.288. The second kappa shape index (κ2) is 4.46. The number of aromatic nitrogens is 2. The molecule has 2 amide bonds. The SMILES string of the molecule is CN1Cc2c(C(=O)NN)ncn2-c2ccccc2C1=O. The normalized spacial score (nSPS) is 13.5. The third-order valence-electron chi connectivity index (χ3n) is 3.34. The van der Waals surface area contributed by atoms with Crippen molar-refractivity contribution in [2.24, 2.45) is 5.84 Å². The Balaban J connectivity index is 2.26. The summed E-state index contributed by atoms with van der Waals surface area (Å²) < 4.78 is 1.75. The maximum Gasteiger partial charge on any atom is 0.285 e. The van der Waals surface area contributed by atoms with E-state index >= 15 is 0 Å². The first kappa shape index (κ1) is 12.4. The third kappa shape index (κ3) is 1.68. The number of nitrogens with one attached hydrogen (secondary N) is 1. The van der Waals surface area contributed by atoms with Gasteiger partial charge in [0.2, 0.25) is 0 Å². The third-order valence-corrected chi connectivity index (χ3v) is 3.34. The molecule has 2 aromatic rings. The molecule has 0 saturated carbocycles. The summed E-state index contributed by atoms with van der Waals surface area (Å²) >= 11 is 0. The van der Waals surface area contributed by atoms with Crippen molar-refractivity contribution in [2.45, 2.75) is 6.54 Å². The van der Waals surface area contributed by atoms with Gasteiger partial charge in [-0.1, -0.05) is 12.1 Å². The van der Waals surface area contributed by atoms with Crippen LogP contribution in [0.1, 0.15) is 26.5 Å². The zero-order valence-corrected chi connectivity index (χ0v) is 10.8. The molecule has 1 aromatic carbocycles. The lowest BCUT2D eigenvalue weighted by Crippen LogP contribution is -2.32. The molecule has 20 heavy (non-hydrogen) atoms. The first-order valence-corrected chi connectivity index (χ1v) is 6.05. The van der Waals surface area contributed by atoms with Crippen molar-refractivity contribution in [3.8, 4) is 5.69 Å². The number of nitrogen functional groups attached to an aromatic ring is 1. The Morgan fingerprint density at radius 3 is 2.90 bits per heavy atom. The van der Waals surface area contributed by atoms with Crippen LogP contribution in [0.4, 0.5) is 0 Å². The van der Waals surface area contributed by atoms with Crippen molar-refractivity contribution in [3.63, 3.8) is 0 Å². The maximum atomic E-state index is 12.3. The fourth-order valence-electron chi connectivity index (χ4n) is 2.36. The number of rotatable bonds is 1. The topological polar surface area (TPSA) is 93.2 Å². The fraction of sp³-hybridized carbons (Fsp3) is 0.154. The molecule has 3 rings (SSSR count). The molecule has 0 atom stereocenters. The largest absolute Gasteiger partial charge is 0.336 e. The Bertz CT molecular complexity index is 707. The number of carbonyl (C=O) groups excluding carboxylic acids is 2. The molecule has 7 heteroatoms. The van der Waals surface area contributed by atoms with Gasteiger partial charge in [-0.15, -0.1) is 0 Å². The monoisotopic (exact) mass is 271 g/mol. The molecule has 2 heterocycles. The Labute approximate surface area is 115 Å². The molecule has 0 unspecified atom stereocenters. The van der Waals surface area contributed by atoms with Gasteiger partial charge in [-0.25, -0.2) is 10.8 Å². The summed E-state index contributed by atoms with van der Waals surface area (Å²) in [4.78, 5) is 29.7. The van der Waals surface area contributed by atoms with Crippen LogP contribution in [0.2, 0.25) is 0 Å². The number of nitrogens with two attached hydrogens (primary N) is 1. The van der Waals surface area contributed by atoms with Gasteiger partial charge in [0.15, 0.2) is 5.69 Å². The predicted molar refractivity (Wildman–Crippen MR) is 71.0 cm³/mol. The number of hydrogen-bond donors (Lipinski definition) is 2. The van der Waals surface area contributed by atoms with E-state index in [1.807, 2.05) is 12.1 Å². The molecule has 0 aliphatic carbocycles. The van der Waals surface area contributed by atoms with E-state index in [-0.39, 0.29) is 18.1 Å². The lowest BCUT2D eigenvalue weighted by Gasteiger charge is -2.14. The minimum Gasteiger partial charge on any atom is -0.336 e. The molecular weight excluding hydrogens is 258 g/mol. The van der Waals surface area contributed by atoms with Crippen LogP contribution in [0, 0.1) is 0 Å². The van der Waals surface area contributed by atoms with E-state index in [4.69, 9.17) is 5.84 Å². The highest BCUT2D eigenvalue weighted by Crippen LogP contribution is 2.25. The minimum absolute atomic E-state index is 0.0941. The van der Waals surface area contributed by atoms with Crippen LogP contribution in [0.15, 0.2) is 30.6 Å². The molecule has 1 aliphatic heterocycles. The van der Waals surface area contributed by atoms with Crippen LogP contribution < -0.4 is 11.3 Å². The van der Waals surface area contributed by atoms with Crippen molar-refractivity contribution >= 4 is 11.8 Å². The molecule has 0 fully saturated rings. The van der Waals surface area contributed by atoms with Crippen LogP contribution in [-0.4, -0.2) is 33.3 Å². The summed E-state index contributed by atoms with van der Waals surface area (Å²) in [6.07, 6.45) is 1.53. The quantitative estimate of drug-likeness (QED) is 0.436. The standard InChI is InChI=1S/C13H13N5O2/c1-17-6-10-11(12(19)16-14)15-7-18(10)9-5-3-2-4-8(9)13(17)20/h2-5,7H,6,14H2,1H3,(H,16,19). The number of para-hydroxylation sites is 1. The smallest absolute Gasteiger partial charge is 0.285 e. The summed E-state index contributed by atoms with van der Waals surface area (Å²) in [6, 6.07) is 7.22. The molecule has 102 valence electrons. The Morgan fingerprint density at radius 2 is 2.15 bits per heavy atom. The number of hydrazine groups is 1. The zero-order valence-electron chi connectivity index (χ0n) is 10.8. The van der Waals surface area contributed by atoms with Crippen molar-refractivity contribution in [3.05, 3.63) is 47.5 Å². The van der Waals surface area contributed by atoms with Gasteiger partial charge >= 0.3 is 0 Å². The molecule has 0 saturated heterocycles. The molecule has 3 N–H and O–H groups in total. The van der Waals surface area contributed by atoms with E-state index in [0.29, 0.717) is 16.9 Å². The van der Waals surface area contributed by atoms with Gasteiger partial charge in [0.1, 0.15) is 6.33 Å². The van der Waals surface area contributed by atoms with Crippen molar-refractivity contribution in [1.29, 1.82) is 0 Å². The lowest BCUT2D eigenvalue weighted by atomic mass is 10.1. The highest BCUT2D eigenvalue weighted by molar-refractivity contribution is 5.99. The highest BCUT2D eigenvalue weighted by atomic mass is 16.2. The Morgan fingerprint density at radius 1 is 1.40 bits per heavy atom. The number of fused-ring (bicyclic) bond motifs is 3. The summed E-state index contributed by atoms with van der Waals surface area (Å²) in [5, 5.41) is 0. The highest BCUT2D eigenvalue weighted by Gasteiger charge is 2.27. The fourth-order valence-corrected chi connectivity index (χ4v) is 2.36. The van der Waals surface area contributed by atoms with Gasteiger partial charge < -0.3 is 4.90 Å². The first-order chi connectivity index (χ1) is 9.63. The number of amides is 2. The van der Waals surface area contributed by atoms with Gasteiger partial charge in [-0.3, -0.25) is 19.6 Å². The van der Waals surface area contributed by atoms with Crippen molar-refractivity contribution in [1.82, 2.24) is 19.9 Å². The van der Waals surface area contributed by atoms with Crippen LogP contribution in [-0.2, 0) is 6.54 Å². The average Bonchev–Trinajstić information content (AvgIpc) is 2.85. The van der Waals surface area contributed by atoms with E-state index in [9.17, 15) is 9.59 Å². The molecule has 7 nitrogen and oxygen atoms in total. The summed E-state index contributed by atoms with van der Waals surface area (Å²) in [7, 11) is 1.69. The second-order valence-electron chi connectivity index (χ2n) is 4.56. The molecule has 1 aromatic heterocycles. The van der Waals surface area contributed by atoms with Crippen molar-refractivity contribution in [2.75, 3.05) is 7.05 Å². The van der Waals surface area contributed by atoms with Crippen molar-refractivity contribution < 1.29 is 9.59 Å². The predicted octanol–water partition coefficient (Wildman–Crippen LogP) is 0.0614. The molecule has 0 radical (unpaired) electrons. The molecule has 1 aliphatic rings. The molecule has 0 bridgehead atoms. The number of benzene rings is 1. The van der Waals surface area contributed by atoms with E-state index in [2.05, 4.69) is 10.4 Å². The number of hydrogen-bond acceptors (Lipinski definition) is 4. The van der Waals surface area contributed by atoms with E-state index < -0.39 is 5.91 Å². The van der Waals surface area contributed by atoms with E-state index in [1.54, 1.807) is 28.6 Å². The maximum absolute atomic E-state index is 12.3. The lowest BCUT2D eigenvalue weighted by molar-refractivity contribution is 0.0785. The van der Waals surface area contributed by atoms with Crippen LogP contribution in [0.25, 0.3) is 5.69 Å². The van der Waals surface area contributed by atoms with Crippen LogP contribution in [0.5, 0.6) is 0 Å². The van der Waals surface area contributed by atoms with Gasteiger partial charge in [0, 0.05) is 7.05 Å². The summed E-state index contributed by atoms with van der Waals surface area (Å²) in [5.41, 5.74) is 4.21. The minimum atomic E-state index is -0.473. The molecular formula is C13H13N5O2.